The van der Waals surface area contributed by atoms with E-state index in [-0.39, 0.29) is 24.1 Å². The van der Waals surface area contributed by atoms with Crippen LogP contribution in [-0.4, -0.2) is 43.1 Å². The minimum absolute atomic E-state index is 0.0838. The molecule has 0 spiro atoms. The molecule has 0 radical (unpaired) electrons. The zero-order valence-corrected chi connectivity index (χ0v) is 18.8. The van der Waals surface area contributed by atoms with E-state index in [1.807, 2.05) is 18.2 Å². The summed E-state index contributed by atoms with van der Waals surface area (Å²) in [7, 11) is 0. The smallest absolute Gasteiger partial charge is 0.237 e. The van der Waals surface area contributed by atoms with E-state index in [9.17, 15) is 9.18 Å². The Bertz CT molecular complexity index is 1430. The van der Waals surface area contributed by atoms with Crippen LogP contribution < -0.4 is 10.5 Å². The summed E-state index contributed by atoms with van der Waals surface area (Å²) in [6.07, 6.45) is 2.93. The predicted molar refractivity (Wildman–Crippen MR) is 127 cm³/mol. The van der Waals surface area contributed by atoms with Crippen LogP contribution in [0.15, 0.2) is 54.9 Å². The number of halogens is 1. The molecule has 2 aromatic heterocycles. The van der Waals surface area contributed by atoms with Crippen LogP contribution >= 0.6 is 0 Å². The Morgan fingerprint density at radius 3 is 2.77 bits per heavy atom. The molecule has 2 aromatic carbocycles. The van der Waals surface area contributed by atoms with Crippen molar-refractivity contribution in [2.75, 3.05) is 12.3 Å². The summed E-state index contributed by atoms with van der Waals surface area (Å²) in [4.78, 5) is 22.7. The van der Waals surface area contributed by atoms with Gasteiger partial charge in [0.25, 0.3) is 0 Å². The Balaban J connectivity index is 1.46. The number of rotatable bonds is 6. The molecule has 4 aromatic rings. The van der Waals surface area contributed by atoms with Gasteiger partial charge >= 0.3 is 0 Å². The Morgan fingerprint density at radius 2 is 2.00 bits per heavy atom. The average Bonchev–Trinajstić information content (AvgIpc) is 3.47. The molecule has 0 saturated carbocycles. The van der Waals surface area contributed by atoms with Crippen molar-refractivity contribution in [1.82, 2.24) is 24.6 Å². The van der Waals surface area contributed by atoms with Gasteiger partial charge in [0.15, 0.2) is 17.2 Å². The zero-order chi connectivity index (χ0) is 24.4. The summed E-state index contributed by atoms with van der Waals surface area (Å²) in [5, 5.41) is 14.3. The number of para-hydroxylation sites is 1. The molecule has 10 heteroatoms. The number of hydrogen-bond acceptors (Lipinski definition) is 7. The predicted octanol–water partition coefficient (Wildman–Crippen LogP) is 3.91. The number of carbonyl (C=O) groups excluding carboxylic acids is 1. The Hall–Kier alpha value is -4.52. The molecular weight excluding hydrogens is 449 g/mol. The van der Waals surface area contributed by atoms with Crippen LogP contribution in [0.3, 0.4) is 0 Å². The van der Waals surface area contributed by atoms with E-state index in [0.717, 1.165) is 18.4 Å². The van der Waals surface area contributed by atoms with E-state index in [2.05, 4.69) is 9.97 Å². The molecule has 2 N–H and O–H groups in total. The minimum Gasteiger partial charge on any atom is -0.454 e. The van der Waals surface area contributed by atoms with Crippen LogP contribution in [0, 0.1) is 17.1 Å². The van der Waals surface area contributed by atoms with Crippen LogP contribution in [0.25, 0.3) is 22.3 Å². The van der Waals surface area contributed by atoms with Gasteiger partial charge in [-0.05, 0) is 49.2 Å². The van der Waals surface area contributed by atoms with Crippen LogP contribution in [0.1, 0.15) is 19.3 Å². The number of likely N-dealkylation sites (tertiary alicyclic amines) is 1. The molecule has 0 unspecified atom stereocenters. The summed E-state index contributed by atoms with van der Waals surface area (Å²) in [5.74, 6) is 0.294. The number of anilines is 1. The fourth-order valence-corrected chi connectivity index (χ4v) is 4.42. The lowest BCUT2D eigenvalue weighted by Crippen LogP contribution is -2.38. The SMILES string of the molecule is N#CCC(=O)N1CCC[C@@H]1Cn1nc(-c2ccc(Oc3ccccc3F)cc2)c2c(N)ncnc21. The van der Waals surface area contributed by atoms with Crippen molar-refractivity contribution in [3.8, 4) is 28.8 Å². The molecule has 1 aliphatic heterocycles. The normalized spacial score (nSPS) is 15.3. The first kappa shape index (κ1) is 22.3. The second-order valence-electron chi connectivity index (χ2n) is 8.26. The largest absolute Gasteiger partial charge is 0.454 e. The zero-order valence-electron chi connectivity index (χ0n) is 18.8. The lowest BCUT2D eigenvalue weighted by molar-refractivity contribution is -0.131. The molecule has 35 heavy (non-hydrogen) atoms. The molecule has 1 atom stereocenters. The lowest BCUT2D eigenvalue weighted by atomic mass is 10.1. The fourth-order valence-electron chi connectivity index (χ4n) is 4.42. The number of nitrogens with two attached hydrogens (primary N) is 1. The second-order valence-corrected chi connectivity index (χ2v) is 8.26. The number of nitrogens with zero attached hydrogens (tertiary/aromatic N) is 6. The van der Waals surface area contributed by atoms with E-state index in [1.54, 1.807) is 39.9 Å². The number of amides is 1. The highest BCUT2D eigenvalue weighted by molar-refractivity contribution is 5.98. The summed E-state index contributed by atoms with van der Waals surface area (Å²) < 4.78 is 21.3. The van der Waals surface area contributed by atoms with Gasteiger partial charge in [-0.1, -0.05) is 12.1 Å². The van der Waals surface area contributed by atoms with Gasteiger partial charge in [-0.3, -0.25) is 4.79 Å². The standard InChI is InChI=1S/C25H22FN7O2/c26-19-5-1-2-6-20(19)35-18-9-7-16(8-10-18)23-22-24(28)29-15-30-25(22)33(31-23)14-17-4-3-13-32(17)21(34)11-12-27/h1-2,5-10,15,17H,3-4,11,13-14H2,(H2,28,29,30)/t17-/m1/s1. The molecule has 1 fully saturated rings. The average molecular weight is 471 g/mol. The highest BCUT2D eigenvalue weighted by atomic mass is 19.1. The Labute approximate surface area is 200 Å². The molecule has 9 nitrogen and oxygen atoms in total. The summed E-state index contributed by atoms with van der Waals surface area (Å²) in [5.41, 5.74) is 8.14. The third kappa shape index (κ3) is 4.36. The van der Waals surface area contributed by atoms with E-state index < -0.39 is 5.82 Å². The van der Waals surface area contributed by atoms with Crippen molar-refractivity contribution in [1.29, 1.82) is 5.26 Å². The summed E-state index contributed by atoms with van der Waals surface area (Å²) in [6.45, 7) is 1.05. The number of nitrogen functional groups attached to an aromatic ring is 1. The number of benzene rings is 2. The van der Waals surface area contributed by atoms with Gasteiger partial charge in [-0.25, -0.2) is 19.0 Å². The first-order valence-corrected chi connectivity index (χ1v) is 11.2. The fraction of sp³-hybridized carbons (Fsp3) is 0.240. The number of fused-ring (bicyclic) bond motifs is 1. The van der Waals surface area contributed by atoms with E-state index in [4.69, 9.17) is 20.8 Å². The van der Waals surface area contributed by atoms with Crippen LogP contribution in [0.5, 0.6) is 11.5 Å². The first-order chi connectivity index (χ1) is 17.0. The highest BCUT2D eigenvalue weighted by Crippen LogP contribution is 2.33. The van der Waals surface area contributed by atoms with Crippen molar-refractivity contribution >= 4 is 22.8 Å². The molecule has 5 rings (SSSR count). The topological polar surface area (TPSA) is 123 Å². The lowest BCUT2D eigenvalue weighted by Gasteiger charge is -2.23. The van der Waals surface area contributed by atoms with Crippen molar-refractivity contribution in [2.24, 2.45) is 0 Å². The van der Waals surface area contributed by atoms with Crippen molar-refractivity contribution in [3.63, 3.8) is 0 Å². The van der Waals surface area contributed by atoms with Crippen molar-refractivity contribution < 1.29 is 13.9 Å². The number of nitriles is 1. The molecule has 1 saturated heterocycles. The minimum atomic E-state index is -0.444. The van der Waals surface area contributed by atoms with E-state index in [1.165, 1.54) is 12.4 Å². The summed E-state index contributed by atoms with van der Waals surface area (Å²) in [6, 6.07) is 15.1. The van der Waals surface area contributed by atoms with Gasteiger partial charge in [0, 0.05) is 12.1 Å². The highest BCUT2D eigenvalue weighted by Gasteiger charge is 2.30. The van der Waals surface area contributed by atoms with Gasteiger partial charge in [0.05, 0.1) is 24.0 Å². The van der Waals surface area contributed by atoms with Crippen molar-refractivity contribution in [3.05, 3.63) is 60.7 Å². The number of hydrogen-bond donors (Lipinski definition) is 1. The molecule has 1 amide bonds. The van der Waals surface area contributed by atoms with Gasteiger partial charge in [0.2, 0.25) is 5.91 Å². The van der Waals surface area contributed by atoms with Gasteiger partial charge in [-0.15, -0.1) is 0 Å². The molecule has 176 valence electrons. The van der Waals surface area contributed by atoms with Gasteiger partial charge in [0.1, 0.15) is 30.0 Å². The Kier molecular flexibility index (Phi) is 5.97. The van der Waals surface area contributed by atoms with Gasteiger partial charge in [-0.2, -0.15) is 10.4 Å². The number of ether oxygens (including phenoxy) is 1. The number of carbonyl (C=O) groups is 1. The molecular formula is C25H22FN7O2. The van der Waals surface area contributed by atoms with E-state index in [0.29, 0.717) is 41.4 Å². The maximum atomic E-state index is 13.9. The first-order valence-electron chi connectivity index (χ1n) is 11.2. The maximum absolute atomic E-state index is 13.9. The monoisotopic (exact) mass is 471 g/mol. The molecule has 3 heterocycles. The van der Waals surface area contributed by atoms with Gasteiger partial charge < -0.3 is 15.4 Å². The number of aromatic nitrogens is 4. The molecule has 0 aliphatic carbocycles. The quantitative estimate of drug-likeness (QED) is 0.452. The maximum Gasteiger partial charge on any atom is 0.237 e. The van der Waals surface area contributed by atoms with Crippen LogP contribution in [-0.2, 0) is 11.3 Å². The Morgan fingerprint density at radius 1 is 1.20 bits per heavy atom. The van der Waals surface area contributed by atoms with Crippen LogP contribution in [0.4, 0.5) is 10.2 Å². The molecule has 1 aliphatic rings. The third-order valence-corrected chi connectivity index (χ3v) is 6.06. The van der Waals surface area contributed by atoms with Crippen LogP contribution in [0.2, 0.25) is 0 Å². The molecule has 0 bridgehead atoms. The third-order valence-electron chi connectivity index (χ3n) is 6.06. The summed E-state index contributed by atoms with van der Waals surface area (Å²) >= 11 is 0. The van der Waals surface area contributed by atoms with E-state index >= 15 is 0 Å². The van der Waals surface area contributed by atoms with Crippen molar-refractivity contribution in [2.45, 2.75) is 31.8 Å². The second kappa shape index (κ2) is 9.38.